The van der Waals surface area contributed by atoms with E-state index in [2.05, 4.69) is 5.32 Å². The van der Waals surface area contributed by atoms with Gasteiger partial charge in [-0.15, -0.1) is 0 Å². The first kappa shape index (κ1) is 25.3. The van der Waals surface area contributed by atoms with Crippen molar-refractivity contribution in [1.29, 1.82) is 0 Å². The van der Waals surface area contributed by atoms with Crippen molar-refractivity contribution in [2.45, 2.75) is 64.1 Å². The predicted molar refractivity (Wildman–Crippen MR) is 103 cm³/mol. The van der Waals surface area contributed by atoms with E-state index in [1.807, 2.05) is 0 Å². The van der Waals surface area contributed by atoms with Crippen LogP contribution in [0.25, 0.3) is 0 Å². The number of carbonyl (C=O) groups excluding carboxylic acids is 2. The minimum Gasteiger partial charge on any atom is -0.481 e. The van der Waals surface area contributed by atoms with E-state index in [1.165, 1.54) is 5.01 Å². The third kappa shape index (κ3) is 7.59. The molecule has 12 heteroatoms. The molecule has 1 fully saturated rings. The molecule has 0 radical (unpaired) electrons. The van der Waals surface area contributed by atoms with E-state index in [1.54, 1.807) is 13.8 Å². The van der Waals surface area contributed by atoms with E-state index in [0.717, 1.165) is 5.01 Å². The van der Waals surface area contributed by atoms with Gasteiger partial charge in [0.2, 0.25) is 5.91 Å². The van der Waals surface area contributed by atoms with Crippen LogP contribution in [0.3, 0.4) is 0 Å². The van der Waals surface area contributed by atoms with Crippen molar-refractivity contribution in [2.24, 2.45) is 11.7 Å². The summed E-state index contributed by atoms with van der Waals surface area (Å²) >= 11 is 0. The van der Waals surface area contributed by atoms with Gasteiger partial charge in [-0.3, -0.25) is 24.2 Å². The number of carboxylic acid groups (broad SMARTS) is 3. The molecule has 1 saturated heterocycles. The number of carbonyl (C=O) groups is 5. The predicted octanol–water partition coefficient (Wildman–Crippen LogP) is -0.913. The van der Waals surface area contributed by atoms with Crippen LogP contribution >= 0.6 is 0 Å². The van der Waals surface area contributed by atoms with E-state index in [9.17, 15) is 34.2 Å². The van der Waals surface area contributed by atoms with Crippen LogP contribution in [0.1, 0.15) is 46.0 Å². The summed E-state index contributed by atoms with van der Waals surface area (Å²) < 4.78 is 0. The van der Waals surface area contributed by atoms with Gasteiger partial charge in [0, 0.05) is 13.1 Å². The Morgan fingerprint density at radius 1 is 1.00 bits per heavy atom. The van der Waals surface area contributed by atoms with Gasteiger partial charge in [-0.05, 0) is 25.2 Å². The Balaban J connectivity index is 3.22. The van der Waals surface area contributed by atoms with Crippen LogP contribution in [0.15, 0.2) is 0 Å². The maximum Gasteiger partial charge on any atom is 0.326 e. The first-order valence-electron chi connectivity index (χ1n) is 9.74. The van der Waals surface area contributed by atoms with Crippen molar-refractivity contribution >= 4 is 29.7 Å². The monoisotopic (exact) mass is 430 g/mol. The Bertz CT molecular complexity index is 663. The lowest BCUT2D eigenvalue weighted by Gasteiger charge is -2.38. The van der Waals surface area contributed by atoms with Crippen molar-refractivity contribution in [3.05, 3.63) is 0 Å². The number of carboxylic acids is 3. The molecule has 1 aliphatic heterocycles. The van der Waals surface area contributed by atoms with Gasteiger partial charge < -0.3 is 26.4 Å². The molecule has 0 aliphatic carbocycles. The van der Waals surface area contributed by atoms with Crippen LogP contribution < -0.4 is 11.1 Å². The summed E-state index contributed by atoms with van der Waals surface area (Å²) in [4.78, 5) is 59.7. The Morgan fingerprint density at radius 3 is 1.97 bits per heavy atom. The SMILES string of the molecule is CC(C)C[C@H](NC(=O)[C@H](CC(=O)O)N(C(=O)[C@@H](N)CC(=O)O)N1CCCC1)C(=O)O. The van der Waals surface area contributed by atoms with E-state index in [-0.39, 0.29) is 12.3 Å². The standard InChI is InChI=1S/C18H30N4O8/c1-10(2)7-12(18(29)30)20-16(27)13(9-15(25)26)22(21-5-3-4-6-21)17(28)11(19)8-14(23)24/h10-13H,3-9,19H2,1-2H3,(H,20,27)(H,23,24)(H,25,26)(H,29,30)/t11-,12-,13-/m0/s1. The first-order chi connectivity index (χ1) is 13.9. The Morgan fingerprint density at radius 2 is 1.53 bits per heavy atom. The molecule has 6 N–H and O–H groups in total. The van der Waals surface area contributed by atoms with E-state index in [0.29, 0.717) is 25.9 Å². The van der Waals surface area contributed by atoms with E-state index < -0.39 is 60.7 Å². The summed E-state index contributed by atoms with van der Waals surface area (Å²) in [7, 11) is 0. The Hall–Kier alpha value is -2.73. The molecular weight excluding hydrogens is 400 g/mol. The molecule has 0 spiro atoms. The Labute approximate surface area is 174 Å². The molecule has 1 aliphatic rings. The Kier molecular flexibility index (Phi) is 9.66. The third-order valence-electron chi connectivity index (χ3n) is 4.61. The number of nitrogens with two attached hydrogens (primary N) is 1. The highest BCUT2D eigenvalue weighted by molar-refractivity contribution is 5.94. The van der Waals surface area contributed by atoms with Gasteiger partial charge in [0.25, 0.3) is 5.91 Å². The molecule has 12 nitrogen and oxygen atoms in total. The number of hydrogen-bond acceptors (Lipinski definition) is 7. The second kappa shape index (κ2) is 11.5. The molecule has 0 aromatic heterocycles. The van der Waals surface area contributed by atoms with Gasteiger partial charge in [0.05, 0.1) is 18.9 Å². The largest absolute Gasteiger partial charge is 0.481 e. The van der Waals surface area contributed by atoms with Crippen molar-refractivity contribution in [3.8, 4) is 0 Å². The maximum absolute atomic E-state index is 12.9. The van der Waals surface area contributed by atoms with Crippen LogP contribution in [0.2, 0.25) is 0 Å². The van der Waals surface area contributed by atoms with E-state index >= 15 is 0 Å². The molecule has 170 valence electrons. The molecule has 1 rings (SSSR count). The number of amides is 2. The average molecular weight is 430 g/mol. The number of aliphatic carboxylic acids is 3. The molecule has 0 aromatic rings. The lowest BCUT2D eigenvalue weighted by Crippen LogP contribution is -2.62. The lowest BCUT2D eigenvalue weighted by atomic mass is 10.0. The van der Waals surface area contributed by atoms with Crippen LogP contribution in [-0.2, 0) is 24.0 Å². The van der Waals surface area contributed by atoms with Gasteiger partial charge in [0.1, 0.15) is 12.1 Å². The second-order valence-electron chi connectivity index (χ2n) is 7.69. The normalized spacial score (nSPS) is 17.2. The first-order valence-corrected chi connectivity index (χ1v) is 9.74. The number of nitrogens with one attached hydrogen (secondary N) is 1. The minimum absolute atomic E-state index is 0.0652. The maximum atomic E-state index is 12.9. The molecule has 0 saturated carbocycles. The fourth-order valence-corrected chi connectivity index (χ4v) is 3.27. The number of hydrogen-bond donors (Lipinski definition) is 5. The van der Waals surface area contributed by atoms with Crippen LogP contribution in [0.4, 0.5) is 0 Å². The fraction of sp³-hybridized carbons (Fsp3) is 0.722. The smallest absolute Gasteiger partial charge is 0.326 e. The zero-order chi connectivity index (χ0) is 23.0. The molecule has 0 aromatic carbocycles. The van der Waals surface area contributed by atoms with Gasteiger partial charge in [-0.2, -0.15) is 0 Å². The number of hydrazine groups is 1. The third-order valence-corrected chi connectivity index (χ3v) is 4.61. The van der Waals surface area contributed by atoms with Crippen molar-refractivity contribution < 1.29 is 39.3 Å². The summed E-state index contributed by atoms with van der Waals surface area (Å²) in [6.07, 6.45) is -0.0104. The summed E-state index contributed by atoms with van der Waals surface area (Å²) in [6.45, 7) is 4.23. The van der Waals surface area contributed by atoms with Crippen molar-refractivity contribution in [2.75, 3.05) is 13.1 Å². The van der Waals surface area contributed by atoms with Gasteiger partial charge >= 0.3 is 17.9 Å². The number of nitrogens with zero attached hydrogens (tertiary/aromatic N) is 2. The molecular formula is C18H30N4O8. The van der Waals surface area contributed by atoms with Crippen LogP contribution in [-0.4, -0.2) is 86.3 Å². The minimum atomic E-state index is -1.57. The molecule has 1 heterocycles. The molecule has 3 atom stereocenters. The average Bonchev–Trinajstić information content (AvgIpc) is 3.13. The van der Waals surface area contributed by atoms with E-state index in [4.69, 9.17) is 10.8 Å². The number of rotatable bonds is 12. The quantitative estimate of drug-likeness (QED) is 0.259. The highest BCUT2D eigenvalue weighted by Crippen LogP contribution is 2.19. The summed E-state index contributed by atoms with van der Waals surface area (Å²) in [5.74, 6) is -5.91. The zero-order valence-electron chi connectivity index (χ0n) is 17.1. The van der Waals surface area contributed by atoms with Gasteiger partial charge in [-0.1, -0.05) is 13.8 Å². The zero-order valence-corrected chi connectivity index (χ0v) is 17.1. The molecule has 30 heavy (non-hydrogen) atoms. The van der Waals surface area contributed by atoms with Crippen molar-refractivity contribution in [3.63, 3.8) is 0 Å². The highest BCUT2D eigenvalue weighted by Gasteiger charge is 2.40. The molecule has 2 amide bonds. The molecule has 0 unspecified atom stereocenters. The fourth-order valence-electron chi connectivity index (χ4n) is 3.27. The molecule has 0 bridgehead atoms. The summed E-state index contributed by atoms with van der Waals surface area (Å²) in [5, 5.41) is 32.3. The van der Waals surface area contributed by atoms with Crippen LogP contribution in [0.5, 0.6) is 0 Å². The lowest BCUT2D eigenvalue weighted by molar-refractivity contribution is -0.165. The van der Waals surface area contributed by atoms with Gasteiger partial charge in [-0.25, -0.2) is 9.80 Å². The highest BCUT2D eigenvalue weighted by atomic mass is 16.4. The topological polar surface area (TPSA) is 191 Å². The summed E-state index contributed by atoms with van der Waals surface area (Å²) in [6, 6.07) is -4.32. The summed E-state index contributed by atoms with van der Waals surface area (Å²) in [5.41, 5.74) is 5.70. The van der Waals surface area contributed by atoms with Crippen molar-refractivity contribution in [1.82, 2.24) is 15.3 Å². The second-order valence-corrected chi connectivity index (χ2v) is 7.69. The van der Waals surface area contributed by atoms with Gasteiger partial charge in [0.15, 0.2) is 0 Å². The van der Waals surface area contributed by atoms with Crippen LogP contribution in [0, 0.1) is 5.92 Å².